The Morgan fingerprint density at radius 2 is 2.50 bits per heavy atom. The molecule has 0 aromatic carbocycles. The molecule has 1 rings (SSSR count). The third-order valence-corrected chi connectivity index (χ3v) is 1.32. The second-order valence-electron chi connectivity index (χ2n) is 2.14. The van der Waals surface area contributed by atoms with E-state index >= 15 is 0 Å². The van der Waals surface area contributed by atoms with Crippen molar-refractivity contribution < 1.29 is 9.32 Å². The second kappa shape index (κ2) is 3.72. The zero-order valence-electron chi connectivity index (χ0n) is 6.43. The normalized spacial score (nSPS) is 9.75. The maximum Gasteiger partial charge on any atom is 0.320 e. The maximum atomic E-state index is 10.8. The summed E-state index contributed by atoms with van der Waals surface area (Å²) in [6.45, 7) is 0.664. The SMILES string of the molecule is NCCN(C(N)=O)c1ccon1. The van der Waals surface area contributed by atoms with Gasteiger partial charge in [-0.1, -0.05) is 5.16 Å². The molecule has 6 nitrogen and oxygen atoms in total. The third kappa shape index (κ3) is 1.73. The quantitative estimate of drug-likeness (QED) is 0.639. The van der Waals surface area contributed by atoms with Crippen molar-refractivity contribution in [3.63, 3.8) is 0 Å². The smallest absolute Gasteiger partial charge is 0.320 e. The van der Waals surface area contributed by atoms with Crippen LogP contribution in [0.25, 0.3) is 0 Å². The molecule has 6 heteroatoms. The summed E-state index contributed by atoms with van der Waals surface area (Å²) < 4.78 is 4.55. The molecule has 0 unspecified atom stereocenters. The topological polar surface area (TPSA) is 98.4 Å². The summed E-state index contributed by atoms with van der Waals surface area (Å²) in [5, 5.41) is 3.55. The van der Waals surface area contributed by atoms with Gasteiger partial charge in [0, 0.05) is 19.2 Å². The van der Waals surface area contributed by atoms with Crippen LogP contribution in [0, 0.1) is 0 Å². The monoisotopic (exact) mass is 170 g/mol. The lowest BCUT2D eigenvalue weighted by Gasteiger charge is -2.14. The number of carbonyl (C=O) groups excluding carboxylic acids is 1. The number of primary amides is 1. The Hall–Kier alpha value is -1.56. The third-order valence-electron chi connectivity index (χ3n) is 1.32. The minimum absolute atomic E-state index is 0.329. The van der Waals surface area contributed by atoms with Gasteiger partial charge in [-0.2, -0.15) is 0 Å². The van der Waals surface area contributed by atoms with Gasteiger partial charge in [-0.3, -0.25) is 4.90 Å². The number of hydrogen-bond donors (Lipinski definition) is 2. The Balaban J connectivity index is 2.73. The highest BCUT2D eigenvalue weighted by Gasteiger charge is 2.13. The number of nitrogens with two attached hydrogens (primary N) is 2. The zero-order valence-corrected chi connectivity index (χ0v) is 6.43. The molecule has 1 aromatic rings. The number of nitrogens with zero attached hydrogens (tertiary/aromatic N) is 2. The summed E-state index contributed by atoms with van der Waals surface area (Å²) >= 11 is 0. The predicted molar refractivity (Wildman–Crippen MR) is 42.5 cm³/mol. The molecule has 0 fully saturated rings. The molecule has 0 atom stereocenters. The van der Waals surface area contributed by atoms with Gasteiger partial charge in [0.1, 0.15) is 6.26 Å². The van der Waals surface area contributed by atoms with Crippen LogP contribution < -0.4 is 16.4 Å². The van der Waals surface area contributed by atoms with Crippen molar-refractivity contribution in [3.05, 3.63) is 12.3 Å². The van der Waals surface area contributed by atoms with Crippen LogP contribution in [0.5, 0.6) is 0 Å². The molecule has 0 saturated heterocycles. The minimum atomic E-state index is -0.589. The predicted octanol–water partition coefficient (Wildman–Crippen LogP) is -0.482. The van der Waals surface area contributed by atoms with E-state index in [1.54, 1.807) is 6.07 Å². The first-order chi connectivity index (χ1) is 5.75. The first-order valence-electron chi connectivity index (χ1n) is 3.43. The summed E-state index contributed by atoms with van der Waals surface area (Å²) in [7, 11) is 0. The Morgan fingerprint density at radius 1 is 1.75 bits per heavy atom. The van der Waals surface area contributed by atoms with Crippen molar-refractivity contribution in [3.8, 4) is 0 Å². The van der Waals surface area contributed by atoms with E-state index in [0.29, 0.717) is 18.9 Å². The lowest BCUT2D eigenvalue weighted by atomic mass is 10.5. The standard InChI is InChI=1S/C6H10N4O2/c7-2-3-10(6(8)11)5-1-4-12-9-5/h1,4H,2-3,7H2,(H2,8,11). The van der Waals surface area contributed by atoms with Gasteiger partial charge < -0.3 is 16.0 Å². The Morgan fingerprint density at radius 3 is 2.92 bits per heavy atom. The van der Waals surface area contributed by atoms with Gasteiger partial charge >= 0.3 is 6.03 Å². The summed E-state index contributed by atoms with van der Waals surface area (Å²) in [5.74, 6) is 0.382. The van der Waals surface area contributed by atoms with E-state index in [2.05, 4.69) is 9.68 Å². The highest BCUT2D eigenvalue weighted by Crippen LogP contribution is 2.08. The van der Waals surface area contributed by atoms with E-state index in [9.17, 15) is 4.79 Å². The van der Waals surface area contributed by atoms with Crippen LogP contribution in [-0.2, 0) is 0 Å². The van der Waals surface area contributed by atoms with Crippen LogP contribution in [0.4, 0.5) is 10.6 Å². The fourth-order valence-corrected chi connectivity index (χ4v) is 0.812. The van der Waals surface area contributed by atoms with Crippen LogP contribution in [0.3, 0.4) is 0 Å². The van der Waals surface area contributed by atoms with Crippen LogP contribution in [0.1, 0.15) is 0 Å². The molecule has 0 saturated carbocycles. The summed E-state index contributed by atoms with van der Waals surface area (Å²) in [6.07, 6.45) is 1.36. The largest absolute Gasteiger partial charge is 0.363 e. The van der Waals surface area contributed by atoms with Crippen molar-refractivity contribution in [2.75, 3.05) is 18.0 Å². The van der Waals surface area contributed by atoms with E-state index < -0.39 is 6.03 Å². The fourth-order valence-electron chi connectivity index (χ4n) is 0.812. The lowest BCUT2D eigenvalue weighted by molar-refractivity contribution is 0.253. The summed E-state index contributed by atoms with van der Waals surface area (Å²) in [4.78, 5) is 12.0. The molecule has 0 aliphatic carbocycles. The van der Waals surface area contributed by atoms with E-state index in [4.69, 9.17) is 11.5 Å². The molecule has 0 aliphatic rings. The van der Waals surface area contributed by atoms with Gasteiger partial charge in [-0.15, -0.1) is 0 Å². The number of amides is 2. The number of carbonyl (C=O) groups is 1. The fraction of sp³-hybridized carbons (Fsp3) is 0.333. The maximum absolute atomic E-state index is 10.8. The summed E-state index contributed by atoms with van der Waals surface area (Å²) in [6, 6.07) is 0.954. The number of hydrogen-bond acceptors (Lipinski definition) is 4. The number of urea groups is 1. The van der Waals surface area contributed by atoms with Crippen molar-refractivity contribution in [1.82, 2.24) is 5.16 Å². The minimum Gasteiger partial charge on any atom is -0.363 e. The highest BCUT2D eigenvalue weighted by atomic mass is 16.5. The van der Waals surface area contributed by atoms with E-state index in [1.165, 1.54) is 11.2 Å². The Kier molecular flexibility index (Phi) is 2.65. The van der Waals surface area contributed by atoms with E-state index in [0.717, 1.165) is 0 Å². The number of anilines is 1. The van der Waals surface area contributed by atoms with E-state index in [-0.39, 0.29) is 0 Å². The molecule has 0 spiro atoms. The molecule has 12 heavy (non-hydrogen) atoms. The molecule has 1 heterocycles. The van der Waals surface area contributed by atoms with Crippen molar-refractivity contribution in [2.24, 2.45) is 11.5 Å². The van der Waals surface area contributed by atoms with Gasteiger partial charge in [0.15, 0.2) is 5.82 Å². The molecule has 4 N–H and O–H groups in total. The molecule has 0 aliphatic heterocycles. The molecule has 66 valence electrons. The zero-order chi connectivity index (χ0) is 8.97. The number of aromatic nitrogens is 1. The average Bonchev–Trinajstić information content (AvgIpc) is 2.51. The van der Waals surface area contributed by atoms with Crippen molar-refractivity contribution in [2.45, 2.75) is 0 Å². The Bertz CT molecular complexity index is 246. The Labute approximate surface area is 69.1 Å². The first-order valence-corrected chi connectivity index (χ1v) is 3.43. The molecule has 1 aromatic heterocycles. The van der Waals surface area contributed by atoms with Gasteiger partial charge in [0.2, 0.25) is 0 Å². The number of rotatable bonds is 3. The first kappa shape index (κ1) is 8.54. The van der Waals surface area contributed by atoms with Gasteiger partial charge in [0.25, 0.3) is 0 Å². The van der Waals surface area contributed by atoms with Crippen molar-refractivity contribution >= 4 is 11.8 Å². The van der Waals surface area contributed by atoms with Gasteiger partial charge in [-0.25, -0.2) is 4.79 Å². The van der Waals surface area contributed by atoms with Crippen LogP contribution >= 0.6 is 0 Å². The molecular weight excluding hydrogens is 160 g/mol. The highest BCUT2D eigenvalue weighted by molar-refractivity contribution is 5.89. The van der Waals surface area contributed by atoms with Crippen LogP contribution in [0.15, 0.2) is 16.9 Å². The van der Waals surface area contributed by atoms with Crippen LogP contribution in [-0.4, -0.2) is 24.3 Å². The second-order valence-corrected chi connectivity index (χ2v) is 2.14. The molecule has 2 amide bonds. The van der Waals surface area contributed by atoms with Gasteiger partial charge in [-0.05, 0) is 0 Å². The van der Waals surface area contributed by atoms with E-state index in [1.807, 2.05) is 0 Å². The van der Waals surface area contributed by atoms with Crippen molar-refractivity contribution in [1.29, 1.82) is 0 Å². The molecular formula is C6H10N4O2. The molecule has 0 radical (unpaired) electrons. The van der Waals surface area contributed by atoms with Crippen LogP contribution in [0.2, 0.25) is 0 Å². The lowest BCUT2D eigenvalue weighted by Crippen LogP contribution is -2.39. The van der Waals surface area contributed by atoms with Gasteiger partial charge in [0.05, 0.1) is 0 Å². The average molecular weight is 170 g/mol. The summed E-state index contributed by atoms with van der Waals surface area (Å²) in [5.41, 5.74) is 10.3. The molecule has 0 bridgehead atoms.